The number of aliphatic carboxylic acids is 1. The van der Waals surface area contributed by atoms with Gasteiger partial charge in [-0.25, -0.2) is 9.97 Å². The van der Waals surface area contributed by atoms with Gasteiger partial charge in [0.2, 0.25) is 5.95 Å². The normalized spacial score (nSPS) is 13.1. The van der Waals surface area contributed by atoms with Crippen LogP contribution in [0.4, 0.5) is 11.6 Å². The van der Waals surface area contributed by atoms with E-state index in [-0.39, 0.29) is 6.42 Å². The highest BCUT2D eigenvalue weighted by Gasteiger charge is 2.30. The smallest absolute Gasteiger partial charge is 0.307 e. The van der Waals surface area contributed by atoms with E-state index < -0.39 is 5.97 Å². The lowest BCUT2D eigenvalue weighted by Gasteiger charge is -2.33. The first kappa shape index (κ1) is 25.0. The van der Waals surface area contributed by atoms with Crippen molar-refractivity contribution in [3.05, 3.63) is 70.7 Å². The fraction of sp³-hybridized carbons (Fsp3) is 0.367. The van der Waals surface area contributed by atoms with Crippen LogP contribution in [0.3, 0.4) is 0 Å². The van der Waals surface area contributed by atoms with Gasteiger partial charge in [0.25, 0.3) is 0 Å². The highest BCUT2D eigenvalue weighted by Crippen LogP contribution is 2.46. The van der Waals surface area contributed by atoms with E-state index >= 15 is 0 Å². The van der Waals surface area contributed by atoms with Crippen LogP contribution < -0.4 is 4.90 Å². The first-order chi connectivity index (χ1) is 17.8. The molecule has 0 saturated heterocycles. The van der Waals surface area contributed by atoms with Gasteiger partial charge in [-0.15, -0.1) is 0 Å². The van der Waals surface area contributed by atoms with Crippen LogP contribution in [-0.2, 0) is 24.3 Å². The van der Waals surface area contributed by atoms with Crippen molar-refractivity contribution in [3.8, 4) is 11.1 Å². The number of carboxylic acid groups (broad SMARTS) is 1. The van der Waals surface area contributed by atoms with E-state index in [4.69, 9.17) is 9.97 Å². The molecular formula is C30H35N5O2. The van der Waals surface area contributed by atoms with Crippen molar-refractivity contribution >= 4 is 28.5 Å². The summed E-state index contributed by atoms with van der Waals surface area (Å²) in [6.07, 6.45) is 3.80. The molecule has 2 aromatic carbocycles. The fourth-order valence-electron chi connectivity index (χ4n) is 5.62. The SMILES string of the molecule is CCN(CC)Cc1cnc(N2CCn3c(C)cc4c(-c5ccc(C)cc5)c(CC(=O)O)c(C)c2c43)nc1. The second-order valence-corrected chi connectivity index (χ2v) is 9.97. The number of carbonyl (C=O) groups is 1. The Bertz CT molecular complexity index is 1450. The Balaban J connectivity index is 1.69. The van der Waals surface area contributed by atoms with Crippen LogP contribution in [0.5, 0.6) is 0 Å². The van der Waals surface area contributed by atoms with Crippen LogP contribution in [0.15, 0.2) is 42.7 Å². The van der Waals surface area contributed by atoms with E-state index in [1.807, 2.05) is 19.3 Å². The van der Waals surface area contributed by atoms with E-state index in [9.17, 15) is 9.90 Å². The molecule has 37 heavy (non-hydrogen) atoms. The molecule has 192 valence electrons. The Labute approximate surface area is 218 Å². The van der Waals surface area contributed by atoms with Gasteiger partial charge in [-0.05, 0) is 62.2 Å². The first-order valence-corrected chi connectivity index (χ1v) is 13.1. The minimum Gasteiger partial charge on any atom is -0.481 e. The molecule has 0 amide bonds. The third kappa shape index (κ3) is 4.48. The Morgan fingerprint density at radius 1 is 1.03 bits per heavy atom. The summed E-state index contributed by atoms with van der Waals surface area (Å²) in [4.78, 5) is 26.1. The predicted octanol–water partition coefficient (Wildman–Crippen LogP) is 5.64. The Kier molecular flexibility index (Phi) is 6.73. The average molecular weight is 498 g/mol. The van der Waals surface area contributed by atoms with Crippen LogP contribution in [0, 0.1) is 20.8 Å². The van der Waals surface area contributed by atoms with Crippen LogP contribution in [0.25, 0.3) is 22.0 Å². The van der Waals surface area contributed by atoms with E-state index in [1.54, 1.807) is 0 Å². The van der Waals surface area contributed by atoms with Crippen LogP contribution in [-0.4, -0.2) is 50.1 Å². The second kappa shape index (κ2) is 9.98. The Morgan fingerprint density at radius 2 is 1.70 bits per heavy atom. The lowest BCUT2D eigenvalue weighted by Crippen LogP contribution is -2.30. The third-order valence-corrected chi connectivity index (χ3v) is 7.63. The summed E-state index contributed by atoms with van der Waals surface area (Å²) >= 11 is 0. The van der Waals surface area contributed by atoms with E-state index in [0.29, 0.717) is 5.95 Å². The molecular weight excluding hydrogens is 462 g/mol. The van der Waals surface area contributed by atoms with Crippen molar-refractivity contribution in [2.75, 3.05) is 24.5 Å². The molecule has 0 unspecified atom stereocenters. The number of hydrogen-bond donors (Lipinski definition) is 1. The van der Waals surface area contributed by atoms with Gasteiger partial charge in [-0.3, -0.25) is 9.69 Å². The molecule has 0 spiro atoms. The fourth-order valence-corrected chi connectivity index (χ4v) is 5.62. The van der Waals surface area contributed by atoms with Crippen molar-refractivity contribution in [3.63, 3.8) is 0 Å². The predicted molar refractivity (Wildman–Crippen MR) is 149 cm³/mol. The molecule has 7 heteroatoms. The first-order valence-electron chi connectivity index (χ1n) is 13.1. The molecule has 0 fully saturated rings. The number of benzene rings is 2. The van der Waals surface area contributed by atoms with Crippen LogP contribution in [0.1, 0.15) is 41.8 Å². The van der Waals surface area contributed by atoms with Crippen molar-refractivity contribution in [2.24, 2.45) is 0 Å². The van der Waals surface area contributed by atoms with Crippen LogP contribution in [0.2, 0.25) is 0 Å². The number of nitrogens with zero attached hydrogens (tertiary/aromatic N) is 5. The minimum atomic E-state index is -0.835. The van der Waals surface area contributed by atoms with E-state index in [1.165, 1.54) is 11.3 Å². The molecule has 1 aliphatic rings. The summed E-state index contributed by atoms with van der Waals surface area (Å²) in [7, 11) is 0. The van der Waals surface area contributed by atoms with Gasteiger partial charge in [0.15, 0.2) is 0 Å². The van der Waals surface area contributed by atoms with Gasteiger partial charge in [0, 0.05) is 48.7 Å². The molecule has 1 N–H and O–H groups in total. The molecule has 1 aliphatic heterocycles. The molecule has 7 nitrogen and oxygen atoms in total. The summed E-state index contributed by atoms with van der Waals surface area (Å²) in [6.45, 7) is 14.9. The maximum absolute atomic E-state index is 12.1. The van der Waals surface area contributed by atoms with E-state index in [2.05, 4.69) is 72.4 Å². The number of carboxylic acids is 1. The number of anilines is 2. The van der Waals surface area contributed by atoms with Crippen LogP contribution >= 0.6 is 0 Å². The minimum absolute atomic E-state index is 0.0419. The molecule has 2 aromatic heterocycles. The zero-order valence-corrected chi connectivity index (χ0v) is 22.4. The van der Waals surface area contributed by atoms with Crippen molar-refractivity contribution in [1.82, 2.24) is 19.4 Å². The van der Waals surface area contributed by atoms with Crippen molar-refractivity contribution in [1.29, 1.82) is 0 Å². The zero-order chi connectivity index (χ0) is 26.3. The molecule has 0 aliphatic carbocycles. The van der Waals surface area contributed by atoms with Gasteiger partial charge in [-0.1, -0.05) is 43.7 Å². The highest BCUT2D eigenvalue weighted by molar-refractivity contribution is 6.08. The summed E-state index contributed by atoms with van der Waals surface area (Å²) in [5.41, 5.74) is 9.45. The molecule has 0 atom stereocenters. The number of hydrogen-bond acceptors (Lipinski definition) is 5. The second-order valence-electron chi connectivity index (χ2n) is 9.97. The maximum Gasteiger partial charge on any atom is 0.307 e. The Hall–Kier alpha value is -3.71. The van der Waals surface area contributed by atoms with Crippen molar-refractivity contribution < 1.29 is 9.90 Å². The average Bonchev–Trinajstić information content (AvgIpc) is 3.23. The van der Waals surface area contributed by atoms with Crippen molar-refractivity contribution in [2.45, 2.75) is 54.1 Å². The molecule has 4 aromatic rings. The highest BCUT2D eigenvalue weighted by atomic mass is 16.4. The number of aromatic nitrogens is 3. The number of aryl methyl sites for hydroxylation is 2. The van der Waals surface area contributed by atoms with Gasteiger partial charge in [0.1, 0.15) is 0 Å². The maximum atomic E-state index is 12.1. The molecule has 0 radical (unpaired) electrons. The van der Waals surface area contributed by atoms with Gasteiger partial charge >= 0.3 is 5.97 Å². The molecule has 5 rings (SSSR count). The molecule has 0 bridgehead atoms. The summed E-state index contributed by atoms with van der Waals surface area (Å²) in [5.74, 6) is -0.180. The lowest BCUT2D eigenvalue weighted by molar-refractivity contribution is -0.136. The van der Waals surface area contributed by atoms with Gasteiger partial charge in [-0.2, -0.15) is 0 Å². The summed E-state index contributed by atoms with van der Waals surface area (Å²) < 4.78 is 2.35. The monoisotopic (exact) mass is 497 g/mol. The zero-order valence-electron chi connectivity index (χ0n) is 22.4. The van der Waals surface area contributed by atoms with E-state index in [0.717, 1.165) is 77.1 Å². The molecule has 3 heterocycles. The molecule has 0 saturated carbocycles. The third-order valence-electron chi connectivity index (χ3n) is 7.63. The lowest BCUT2D eigenvalue weighted by atomic mass is 9.88. The largest absolute Gasteiger partial charge is 0.481 e. The quantitative estimate of drug-likeness (QED) is 0.339. The standard InChI is InChI=1S/C30H35N5O2/c1-6-33(7-2)18-22-16-31-30(32-17-22)35-13-12-34-20(4)14-25-27(23-10-8-19(3)9-11-23)24(15-26(36)37)21(5)28(35)29(25)34/h8-11,14,16-17H,6-7,12-13,15,18H2,1-5H3,(H,36,37). The Morgan fingerprint density at radius 3 is 2.32 bits per heavy atom. The van der Waals surface area contributed by atoms with Gasteiger partial charge in [0.05, 0.1) is 17.6 Å². The summed E-state index contributed by atoms with van der Waals surface area (Å²) in [6, 6.07) is 10.6. The summed E-state index contributed by atoms with van der Waals surface area (Å²) in [5, 5.41) is 11.0. The number of rotatable bonds is 8. The topological polar surface area (TPSA) is 74.5 Å². The van der Waals surface area contributed by atoms with Gasteiger partial charge < -0.3 is 14.6 Å².